The minimum absolute atomic E-state index is 0.595. The highest BCUT2D eigenvalue weighted by Gasteiger charge is 2.09. The van der Waals surface area contributed by atoms with E-state index in [2.05, 4.69) is 38.1 Å². The Kier molecular flexibility index (Phi) is 3.09. The fraction of sp³-hybridized carbons (Fsp3) is 0.357. The normalized spacial score (nSPS) is 11.0. The van der Waals surface area contributed by atoms with Gasteiger partial charge in [0.2, 0.25) is 0 Å². The molecule has 0 atom stereocenters. The minimum Gasteiger partial charge on any atom is -0.361 e. The van der Waals surface area contributed by atoms with Crippen LogP contribution in [0, 0.1) is 12.8 Å². The Balaban J connectivity index is 2.28. The van der Waals surface area contributed by atoms with Gasteiger partial charge in [-0.15, -0.1) is 0 Å². The molecule has 0 radical (unpaired) electrons. The number of hydrogen-bond acceptors (Lipinski definition) is 2. The summed E-state index contributed by atoms with van der Waals surface area (Å²) in [5.74, 6) is 1.56. The molecule has 2 aromatic rings. The lowest BCUT2D eigenvalue weighted by atomic mass is 10.0. The van der Waals surface area contributed by atoms with E-state index in [0.717, 1.165) is 23.4 Å². The first-order valence-electron chi connectivity index (χ1n) is 5.68. The summed E-state index contributed by atoms with van der Waals surface area (Å²) in [7, 11) is 0. The molecule has 0 bridgehead atoms. The van der Waals surface area contributed by atoms with E-state index in [0.29, 0.717) is 5.92 Å². The largest absolute Gasteiger partial charge is 0.361 e. The molecule has 0 saturated carbocycles. The fourth-order valence-electron chi connectivity index (χ4n) is 1.80. The van der Waals surface area contributed by atoms with Crippen LogP contribution >= 0.6 is 0 Å². The summed E-state index contributed by atoms with van der Waals surface area (Å²) in [5, 5.41) is 4.13. The lowest BCUT2D eigenvalue weighted by Gasteiger charge is -1.99. The summed E-state index contributed by atoms with van der Waals surface area (Å²) in [6, 6.07) is 10.3. The second kappa shape index (κ2) is 4.52. The highest BCUT2D eigenvalue weighted by Crippen LogP contribution is 2.23. The second-order valence-electron chi connectivity index (χ2n) is 4.59. The summed E-state index contributed by atoms with van der Waals surface area (Å²) in [6.07, 6.45) is 0.943. The Bertz CT molecular complexity index is 471. The Morgan fingerprint density at radius 2 is 2.00 bits per heavy atom. The van der Waals surface area contributed by atoms with E-state index in [1.165, 1.54) is 5.56 Å². The van der Waals surface area contributed by atoms with Crippen LogP contribution in [0.4, 0.5) is 0 Å². The molecule has 1 heterocycles. The highest BCUT2D eigenvalue weighted by molar-refractivity contribution is 5.62. The molecule has 2 heteroatoms. The van der Waals surface area contributed by atoms with Gasteiger partial charge in [-0.25, -0.2) is 0 Å². The van der Waals surface area contributed by atoms with E-state index in [9.17, 15) is 0 Å². The third-order valence-corrected chi connectivity index (χ3v) is 2.59. The molecule has 84 valence electrons. The summed E-state index contributed by atoms with van der Waals surface area (Å²) in [5.41, 5.74) is 3.32. The monoisotopic (exact) mass is 215 g/mol. The molecule has 0 saturated heterocycles. The van der Waals surface area contributed by atoms with Crippen LogP contribution in [-0.2, 0) is 6.42 Å². The topological polar surface area (TPSA) is 26.0 Å². The first kappa shape index (κ1) is 10.9. The van der Waals surface area contributed by atoms with Crippen molar-refractivity contribution in [3.8, 4) is 11.3 Å². The van der Waals surface area contributed by atoms with E-state index in [1.807, 2.05) is 18.2 Å². The zero-order chi connectivity index (χ0) is 11.5. The molecular weight excluding hydrogens is 198 g/mol. The summed E-state index contributed by atoms with van der Waals surface area (Å²) in [4.78, 5) is 0. The van der Waals surface area contributed by atoms with Gasteiger partial charge in [-0.05, 0) is 18.4 Å². The van der Waals surface area contributed by atoms with Crippen molar-refractivity contribution in [3.63, 3.8) is 0 Å². The predicted octanol–water partition coefficient (Wildman–Crippen LogP) is 3.85. The first-order chi connectivity index (χ1) is 7.66. The number of nitrogens with zero attached hydrogens (tertiary/aromatic N) is 1. The number of aromatic nitrogens is 1. The number of rotatable bonds is 3. The molecular formula is C14H17NO. The van der Waals surface area contributed by atoms with Crippen LogP contribution in [0.15, 0.2) is 34.9 Å². The zero-order valence-electron chi connectivity index (χ0n) is 10.0. The molecule has 0 fully saturated rings. The lowest BCUT2D eigenvalue weighted by molar-refractivity contribution is 0.370. The second-order valence-corrected chi connectivity index (χ2v) is 4.59. The van der Waals surface area contributed by atoms with E-state index in [1.54, 1.807) is 0 Å². The van der Waals surface area contributed by atoms with Crippen molar-refractivity contribution in [2.75, 3.05) is 0 Å². The van der Waals surface area contributed by atoms with E-state index in [-0.39, 0.29) is 0 Å². The van der Waals surface area contributed by atoms with Crippen LogP contribution < -0.4 is 0 Å². The maximum atomic E-state index is 5.33. The van der Waals surface area contributed by atoms with Gasteiger partial charge in [-0.1, -0.05) is 43.3 Å². The van der Waals surface area contributed by atoms with E-state index >= 15 is 0 Å². The molecule has 0 spiro atoms. The average molecular weight is 215 g/mol. The van der Waals surface area contributed by atoms with Gasteiger partial charge in [0.25, 0.3) is 0 Å². The van der Waals surface area contributed by atoms with Crippen molar-refractivity contribution < 1.29 is 4.52 Å². The van der Waals surface area contributed by atoms with Crippen molar-refractivity contribution in [2.45, 2.75) is 27.2 Å². The van der Waals surface area contributed by atoms with Gasteiger partial charge in [-0.2, -0.15) is 0 Å². The van der Waals surface area contributed by atoms with Gasteiger partial charge in [0.05, 0.1) is 0 Å². The van der Waals surface area contributed by atoms with Crippen LogP contribution in [0.2, 0.25) is 0 Å². The van der Waals surface area contributed by atoms with Gasteiger partial charge in [0, 0.05) is 18.1 Å². The molecule has 0 aliphatic carbocycles. The molecule has 1 aromatic heterocycles. The van der Waals surface area contributed by atoms with E-state index < -0.39 is 0 Å². The molecule has 0 unspecified atom stereocenters. The SMILES string of the molecule is Cc1ccccc1-c1cc(CC(C)C)on1. The predicted molar refractivity (Wildman–Crippen MR) is 65.2 cm³/mol. The van der Waals surface area contributed by atoms with Crippen LogP contribution in [0.25, 0.3) is 11.3 Å². The Morgan fingerprint density at radius 3 is 2.69 bits per heavy atom. The maximum absolute atomic E-state index is 5.33. The van der Waals surface area contributed by atoms with Gasteiger partial charge < -0.3 is 4.52 Å². The van der Waals surface area contributed by atoms with Crippen molar-refractivity contribution in [3.05, 3.63) is 41.7 Å². The van der Waals surface area contributed by atoms with E-state index in [4.69, 9.17) is 4.52 Å². The van der Waals surface area contributed by atoms with Gasteiger partial charge in [-0.3, -0.25) is 0 Å². The number of benzene rings is 1. The molecule has 0 aliphatic heterocycles. The lowest BCUT2D eigenvalue weighted by Crippen LogP contribution is -1.90. The molecule has 0 aliphatic rings. The Labute approximate surface area is 96.3 Å². The summed E-state index contributed by atoms with van der Waals surface area (Å²) >= 11 is 0. The molecule has 2 rings (SSSR count). The number of aryl methyl sites for hydroxylation is 1. The molecule has 2 nitrogen and oxygen atoms in total. The highest BCUT2D eigenvalue weighted by atomic mass is 16.5. The summed E-state index contributed by atoms with van der Waals surface area (Å²) in [6.45, 7) is 6.44. The summed E-state index contributed by atoms with van der Waals surface area (Å²) < 4.78 is 5.33. The molecule has 1 aromatic carbocycles. The quantitative estimate of drug-likeness (QED) is 0.777. The van der Waals surface area contributed by atoms with Gasteiger partial charge >= 0.3 is 0 Å². The minimum atomic E-state index is 0.595. The van der Waals surface area contributed by atoms with Crippen LogP contribution in [0.3, 0.4) is 0 Å². The number of hydrogen-bond donors (Lipinski definition) is 0. The van der Waals surface area contributed by atoms with Crippen LogP contribution in [0.5, 0.6) is 0 Å². The van der Waals surface area contributed by atoms with Crippen molar-refractivity contribution in [2.24, 2.45) is 5.92 Å². The maximum Gasteiger partial charge on any atom is 0.137 e. The van der Waals surface area contributed by atoms with Crippen LogP contribution in [-0.4, -0.2) is 5.16 Å². The molecule has 0 N–H and O–H groups in total. The third kappa shape index (κ3) is 2.32. The third-order valence-electron chi connectivity index (χ3n) is 2.59. The van der Waals surface area contributed by atoms with Crippen molar-refractivity contribution in [1.82, 2.24) is 5.16 Å². The standard InChI is InChI=1S/C14H17NO/c1-10(2)8-12-9-14(15-16-12)13-7-5-4-6-11(13)3/h4-7,9-10H,8H2,1-3H3. The molecule has 16 heavy (non-hydrogen) atoms. The Morgan fingerprint density at radius 1 is 1.25 bits per heavy atom. The Hall–Kier alpha value is -1.57. The van der Waals surface area contributed by atoms with Crippen molar-refractivity contribution >= 4 is 0 Å². The van der Waals surface area contributed by atoms with Crippen molar-refractivity contribution in [1.29, 1.82) is 0 Å². The van der Waals surface area contributed by atoms with Gasteiger partial charge in [0.15, 0.2) is 0 Å². The zero-order valence-corrected chi connectivity index (χ0v) is 10.0. The first-order valence-corrected chi connectivity index (χ1v) is 5.68. The average Bonchev–Trinajstić information content (AvgIpc) is 2.66. The van der Waals surface area contributed by atoms with Crippen LogP contribution in [0.1, 0.15) is 25.2 Å². The molecule has 0 amide bonds. The smallest absolute Gasteiger partial charge is 0.137 e. The van der Waals surface area contributed by atoms with Gasteiger partial charge in [0.1, 0.15) is 11.5 Å². The fourth-order valence-corrected chi connectivity index (χ4v) is 1.80.